The van der Waals surface area contributed by atoms with Gasteiger partial charge in [-0.05, 0) is 35.6 Å². The first kappa shape index (κ1) is 12.2. The second-order valence-electron chi connectivity index (χ2n) is 3.70. The van der Waals surface area contributed by atoms with Crippen molar-refractivity contribution < 1.29 is 13.9 Å². The molecule has 1 heterocycles. The summed E-state index contributed by atoms with van der Waals surface area (Å²) in [5.41, 5.74) is 0.648. The Morgan fingerprint density at radius 2 is 1.88 bits per heavy atom. The molecule has 0 spiro atoms. The molecule has 17 heavy (non-hydrogen) atoms. The van der Waals surface area contributed by atoms with Gasteiger partial charge in [-0.3, -0.25) is 0 Å². The number of thiophene rings is 1. The summed E-state index contributed by atoms with van der Waals surface area (Å²) in [6, 6.07) is 5.46. The van der Waals surface area contributed by atoms with Gasteiger partial charge in [0, 0.05) is 4.88 Å². The summed E-state index contributed by atoms with van der Waals surface area (Å²) in [5, 5.41) is 11.9. The molecule has 90 valence electrons. The van der Waals surface area contributed by atoms with E-state index in [1.165, 1.54) is 17.4 Å². The van der Waals surface area contributed by atoms with Crippen molar-refractivity contribution in [2.24, 2.45) is 0 Å². The molecule has 0 fully saturated rings. The van der Waals surface area contributed by atoms with Crippen LogP contribution in [0.2, 0.25) is 0 Å². The minimum absolute atomic E-state index is 0.273. The van der Waals surface area contributed by atoms with Gasteiger partial charge in [0.2, 0.25) is 0 Å². The molecule has 1 atom stereocenters. The SMILES string of the molecule is CCc1ccsc1C(O)c1c(F)cccc1F. The van der Waals surface area contributed by atoms with Gasteiger partial charge in [0.25, 0.3) is 0 Å². The number of hydrogen-bond acceptors (Lipinski definition) is 2. The molecule has 0 aliphatic rings. The van der Waals surface area contributed by atoms with E-state index in [0.29, 0.717) is 4.88 Å². The van der Waals surface area contributed by atoms with Crippen LogP contribution in [0.15, 0.2) is 29.6 Å². The first-order chi connectivity index (χ1) is 8.15. The molecule has 0 amide bonds. The van der Waals surface area contributed by atoms with Gasteiger partial charge >= 0.3 is 0 Å². The molecule has 1 N–H and O–H groups in total. The van der Waals surface area contributed by atoms with E-state index < -0.39 is 17.7 Å². The second kappa shape index (κ2) is 4.94. The third-order valence-corrected chi connectivity index (χ3v) is 3.69. The first-order valence-corrected chi connectivity index (χ1v) is 6.21. The Hall–Kier alpha value is -1.26. The van der Waals surface area contributed by atoms with Crippen LogP contribution in [-0.4, -0.2) is 5.11 Å². The van der Waals surface area contributed by atoms with Crippen LogP contribution in [-0.2, 0) is 6.42 Å². The molecule has 2 aromatic rings. The Morgan fingerprint density at radius 1 is 1.24 bits per heavy atom. The lowest BCUT2D eigenvalue weighted by atomic mass is 10.0. The van der Waals surface area contributed by atoms with E-state index in [0.717, 1.165) is 24.1 Å². The van der Waals surface area contributed by atoms with Gasteiger partial charge in [0.15, 0.2) is 0 Å². The topological polar surface area (TPSA) is 20.2 Å². The van der Waals surface area contributed by atoms with Crippen LogP contribution in [0.3, 0.4) is 0 Å². The van der Waals surface area contributed by atoms with Crippen LogP contribution >= 0.6 is 11.3 Å². The molecule has 1 unspecified atom stereocenters. The number of aliphatic hydroxyl groups is 1. The van der Waals surface area contributed by atoms with Crippen molar-refractivity contribution >= 4 is 11.3 Å². The van der Waals surface area contributed by atoms with Crippen LogP contribution < -0.4 is 0 Å². The van der Waals surface area contributed by atoms with E-state index >= 15 is 0 Å². The monoisotopic (exact) mass is 254 g/mol. The summed E-state index contributed by atoms with van der Waals surface area (Å²) in [6.45, 7) is 1.94. The van der Waals surface area contributed by atoms with Crippen LogP contribution in [0.5, 0.6) is 0 Å². The zero-order chi connectivity index (χ0) is 12.4. The molecule has 0 saturated heterocycles. The predicted octanol–water partition coefficient (Wildman–Crippen LogP) is 3.67. The Bertz CT molecular complexity index is 502. The smallest absolute Gasteiger partial charge is 0.132 e. The number of halogens is 2. The number of rotatable bonds is 3. The molecule has 2 rings (SSSR count). The van der Waals surface area contributed by atoms with Crippen molar-refractivity contribution in [3.05, 3.63) is 57.3 Å². The van der Waals surface area contributed by atoms with Gasteiger partial charge < -0.3 is 5.11 Å². The van der Waals surface area contributed by atoms with Gasteiger partial charge in [-0.25, -0.2) is 8.78 Å². The molecule has 0 radical (unpaired) electrons. The lowest BCUT2D eigenvalue weighted by Gasteiger charge is -2.13. The number of aryl methyl sites for hydroxylation is 1. The minimum atomic E-state index is -1.23. The average molecular weight is 254 g/mol. The molecule has 0 aliphatic carbocycles. The van der Waals surface area contributed by atoms with Crippen molar-refractivity contribution in [3.8, 4) is 0 Å². The Balaban J connectivity index is 2.47. The van der Waals surface area contributed by atoms with E-state index in [1.807, 2.05) is 18.4 Å². The normalized spacial score (nSPS) is 12.7. The van der Waals surface area contributed by atoms with Crippen molar-refractivity contribution in [2.45, 2.75) is 19.4 Å². The molecular weight excluding hydrogens is 242 g/mol. The van der Waals surface area contributed by atoms with E-state index in [1.54, 1.807) is 0 Å². The highest BCUT2D eigenvalue weighted by molar-refractivity contribution is 7.10. The van der Waals surface area contributed by atoms with Crippen molar-refractivity contribution in [3.63, 3.8) is 0 Å². The molecule has 1 nitrogen and oxygen atoms in total. The maximum absolute atomic E-state index is 13.5. The molecule has 1 aromatic carbocycles. The van der Waals surface area contributed by atoms with Gasteiger partial charge in [0.05, 0.1) is 5.56 Å². The van der Waals surface area contributed by atoms with Gasteiger partial charge in [0.1, 0.15) is 17.7 Å². The Labute approximate surface area is 102 Å². The summed E-state index contributed by atoms with van der Waals surface area (Å²) >= 11 is 1.31. The summed E-state index contributed by atoms with van der Waals surface area (Å²) in [5.74, 6) is -1.43. The number of hydrogen-bond donors (Lipinski definition) is 1. The standard InChI is InChI=1S/C13H12F2OS/c1-2-8-6-7-17-13(8)12(16)11-9(14)4-3-5-10(11)15/h3-7,12,16H,2H2,1H3. The van der Waals surface area contributed by atoms with E-state index in [2.05, 4.69) is 0 Å². The average Bonchev–Trinajstić information content (AvgIpc) is 2.76. The summed E-state index contributed by atoms with van der Waals surface area (Å²) in [7, 11) is 0. The first-order valence-electron chi connectivity index (χ1n) is 5.33. The van der Waals surface area contributed by atoms with Crippen molar-refractivity contribution in [1.82, 2.24) is 0 Å². The minimum Gasteiger partial charge on any atom is -0.383 e. The highest BCUT2D eigenvalue weighted by atomic mass is 32.1. The van der Waals surface area contributed by atoms with Crippen LogP contribution in [0.4, 0.5) is 8.78 Å². The number of benzene rings is 1. The van der Waals surface area contributed by atoms with Crippen molar-refractivity contribution in [2.75, 3.05) is 0 Å². The zero-order valence-corrected chi connectivity index (χ0v) is 10.1. The van der Waals surface area contributed by atoms with Gasteiger partial charge in [-0.2, -0.15) is 0 Å². The highest BCUT2D eigenvalue weighted by Crippen LogP contribution is 2.32. The molecule has 0 bridgehead atoms. The third kappa shape index (κ3) is 2.23. The summed E-state index contributed by atoms with van der Waals surface area (Å²) < 4.78 is 27.1. The third-order valence-electron chi connectivity index (χ3n) is 2.68. The number of aliphatic hydroxyl groups excluding tert-OH is 1. The summed E-state index contributed by atoms with van der Waals surface area (Å²) in [6.07, 6.45) is -0.502. The molecule has 1 aromatic heterocycles. The fourth-order valence-corrected chi connectivity index (χ4v) is 2.77. The van der Waals surface area contributed by atoms with E-state index in [9.17, 15) is 13.9 Å². The fraction of sp³-hybridized carbons (Fsp3) is 0.231. The predicted molar refractivity (Wildman–Crippen MR) is 64.1 cm³/mol. The van der Waals surface area contributed by atoms with Gasteiger partial charge in [-0.15, -0.1) is 11.3 Å². The zero-order valence-electron chi connectivity index (χ0n) is 9.28. The summed E-state index contributed by atoms with van der Waals surface area (Å²) in [4.78, 5) is 0.608. The lowest BCUT2D eigenvalue weighted by Crippen LogP contribution is -2.05. The molecule has 4 heteroatoms. The molecule has 0 saturated carbocycles. The molecule has 0 aliphatic heterocycles. The largest absolute Gasteiger partial charge is 0.383 e. The van der Waals surface area contributed by atoms with Crippen molar-refractivity contribution in [1.29, 1.82) is 0 Å². The Kier molecular flexibility index (Phi) is 3.54. The maximum Gasteiger partial charge on any atom is 0.132 e. The van der Waals surface area contributed by atoms with Gasteiger partial charge in [-0.1, -0.05) is 13.0 Å². The molecular formula is C13H12F2OS. The van der Waals surface area contributed by atoms with Crippen LogP contribution in [0, 0.1) is 11.6 Å². The fourth-order valence-electron chi connectivity index (χ4n) is 1.78. The lowest BCUT2D eigenvalue weighted by molar-refractivity contribution is 0.212. The van der Waals surface area contributed by atoms with E-state index in [4.69, 9.17) is 0 Å². The second-order valence-corrected chi connectivity index (χ2v) is 4.65. The maximum atomic E-state index is 13.5. The quantitative estimate of drug-likeness (QED) is 0.886. The van der Waals surface area contributed by atoms with Crippen LogP contribution in [0.1, 0.15) is 29.0 Å². The highest BCUT2D eigenvalue weighted by Gasteiger charge is 2.22. The Morgan fingerprint density at radius 3 is 2.47 bits per heavy atom. The van der Waals surface area contributed by atoms with E-state index in [-0.39, 0.29) is 5.56 Å². The van der Waals surface area contributed by atoms with Crippen LogP contribution in [0.25, 0.3) is 0 Å².